The number of carbonyl (C=O) groups is 2. The van der Waals surface area contributed by atoms with Crippen LogP contribution in [-0.4, -0.2) is 34.2 Å². The van der Waals surface area contributed by atoms with Crippen LogP contribution in [0.4, 0.5) is 0 Å². The molecule has 1 aromatic carbocycles. The second kappa shape index (κ2) is 6.17. The van der Waals surface area contributed by atoms with Gasteiger partial charge in [0.15, 0.2) is 6.04 Å². The molecule has 7 heteroatoms. The van der Waals surface area contributed by atoms with Crippen molar-refractivity contribution in [3.8, 4) is 0 Å². The number of halogens is 2. The van der Waals surface area contributed by atoms with Crippen LogP contribution < -0.4 is 5.32 Å². The summed E-state index contributed by atoms with van der Waals surface area (Å²) in [6.45, 7) is 1.29. The predicted octanol–water partition coefficient (Wildman–Crippen LogP) is 1.67. The fourth-order valence-electron chi connectivity index (χ4n) is 1.25. The van der Waals surface area contributed by atoms with Gasteiger partial charge in [0.25, 0.3) is 5.91 Å². The summed E-state index contributed by atoms with van der Waals surface area (Å²) >= 11 is 8.94. The summed E-state index contributed by atoms with van der Waals surface area (Å²) < 4.78 is 0.528. The third-order valence-electron chi connectivity index (χ3n) is 2.22. The Morgan fingerprint density at radius 2 is 2.06 bits per heavy atom. The number of hydrogen-bond donors (Lipinski definition) is 3. The number of carboxylic acid groups (broad SMARTS) is 1. The molecule has 5 nitrogen and oxygen atoms in total. The first kappa shape index (κ1) is 14.9. The molecule has 0 bridgehead atoms. The minimum absolute atomic E-state index is 0.248. The number of rotatable bonds is 4. The lowest BCUT2D eigenvalue weighted by molar-refractivity contribution is -0.141. The van der Waals surface area contributed by atoms with E-state index in [0.29, 0.717) is 9.50 Å². The third kappa shape index (κ3) is 3.69. The standard InChI is InChI=1S/C11H11BrClNO4/c1-5(15)9(11(17)18)14-10(16)6-2-3-8(13)7(12)4-6/h2-5,9,15H,1H3,(H,14,16)(H,17,18)/t5-,9+/m1/s1. The van der Waals surface area contributed by atoms with Crippen molar-refractivity contribution in [3.05, 3.63) is 33.3 Å². The van der Waals surface area contributed by atoms with Crippen molar-refractivity contribution in [2.75, 3.05) is 0 Å². The summed E-state index contributed by atoms with van der Waals surface area (Å²) in [5, 5.41) is 20.8. The van der Waals surface area contributed by atoms with E-state index < -0.39 is 24.0 Å². The molecule has 0 aliphatic heterocycles. The fourth-order valence-corrected chi connectivity index (χ4v) is 1.75. The summed E-state index contributed by atoms with van der Waals surface area (Å²) in [5.74, 6) is -1.90. The number of nitrogens with one attached hydrogen (secondary N) is 1. The molecule has 0 unspecified atom stereocenters. The predicted molar refractivity (Wildman–Crippen MR) is 69.7 cm³/mol. The van der Waals surface area contributed by atoms with Gasteiger partial charge in [0.2, 0.25) is 0 Å². The van der Waals surface area contributed by atoms with Crippen LogP contribution in [0.3, 0.4) is 0 Å². The number of aliphatic carboxylic acids is 1. The lowest BCUT2D eigenvalue weighted by Gasteiger charge is -2.17. The van der Waals surface area contributed by atoms with Crippen LogP contribution in [0.1, 0.15) is 17.3 Å². The maximum absolute atomic E-state index is 11.8. The van der Waals surface area contributed by atoms with Crippen LogP contribution >= 0.6 is 27.5 Å². The van der Waals surface area contributed by atoms with Crippen molar-refractivity contribution in [2.45, 2.75) is 19.1 Å². The number of hydrogen-bond acceptors (Lipinski definition) is 3. The van der Waals surface area contributed by atoms with Gasteiger partial charge < -0.3 is 15.5 Å². The minimum Gasteiger partial charge on any atom is -0.480 e. The Balaban J connectivity index is 2.87. The van der Waals surface area contributed by atoms with E-state index in [2.05, 4.69) is 21.2 Å². The Morgan fingerprint density at radius 3 is 2.50 bits per heavy atom. The zero-order valence-corrected chi connectivity index (χ0v) is 11.7. The van der Waals surface area contributed by atoms with Crippen LogP contribution in [0.2, 0.25) is 5.02 Å². The summed E-state index contributed by atoms with van der Waals surface area (Å²) in [4.78, 5) is 22.6. The summed E-state index contributed by atoms with van der Waals surface area (Å²) in [6, 6.07) is 3.09. The molecule has 1 aromatic rings. The molecule has 0 aliphatic rings. The van der Waals surface area contributed by atoms with Gasteiger partial charge in [0.05, 0.1) is 11.1 Å². The largest absolute Gasteiger partial charge is 0.480 e. The SMILES string of the molecule is C[C@@H](O)[C@H](NC(=O)c1ccc(Cl)c(Br)c1)C(=O)O. The van der Waals surface area contributed by atoms with Crippen molar-refractivity contribution < 1.29 is 19.8 Å². The zero-order chi connectivity index (χ0) is 13.9. The smallest absolute Gasteiger partial charge is 0.328 e. The van der Waals surface area contributed by atoms with Gasteiger partial charge in [-0.15, -0.1) is 0 Å². The highest BCUT2D eigenvalue weighted by atomic mass is 79.9. The topological polar surface area (TPSA) is 86.6 Å². The highest BCUT2D eigenvalue weighted by molar-refractivity contribution is 9.10. The van der Waals surface area contributed by atoms with E-state index in [1.165, 1.54) is 25.1 Å². The van der Waals surface area contributed by atoms with Gasteiger partial charge in [0.1, 0.15) is 0 Å². The van der Waals surface area contributed by atoms with Crippen molar-refractivity contribution >= 4 is 39.4 Å². The van der Waals surface area contributed by atoms with Crippen molar-refractivity contribution in [1.82, 2.24) is 5.32 Å². The molecule has 18 heavy (non-hydrogen) atoms. The molecule has 0 saturated carbocycles. The first-order valence-electron chi connectivity index (χ1n) is 4.99. The number of benzene rings is 1. The summed E-state index contributed by atoms with van der Waals surface area (Å²) in [6.07, 6.45) is -1.19. The molecule has 0 aromatic heterocycles. The fraction of sp³-hybridized carbons (Fsp3) is 0.273. The van der Waals surface area contributed by atoms with Gasteiger partial charge >= 0.3 is 5.97 Å². The molecular formula is C11H11BrClNO4. The Hall–Kier alpha value is -1.11. The summed E-state index contributed by atoms with van der Waals surface area (Å²) in [5.41, 5.74) is 0.248. The van der Waals surface area contributed by atoms with Crippen LogP contribution in [0.15, 0.2) is 22.7 Å². The Kier molecular flexibility index (Phi) is 5.13. The highest BCUT2D eigenvalue weighted by Crippen LogP contribution is 2.23. The Morgan fingerprint density at radius 1 is 1.44 bits per heavy atom. The monoisotopic (exact) mass is 335 g/mol. The molecule has 0 fully saturated rings. The van der Waals surface area contributed by atoms with E-state index in [0.717, 1.165) is 0 Å². The average molecular weight is 337 g/mol. The van der Waals surface area contributed by atoms with Crippen LogP contribution in [0.25, 0.3) is 0 Å². The number of aliphatic hydroxyl groups is 1. The first-order chi connectivity index (χ1) is 8.32. The van der Waals surface area contributed by atoms with Crippen molar-refractivity contribution in [1.29, 1.82) is 0 Å². The van der Waals surface area contributed by atoms with E-state index in [-0.39, 0.29) is 5.56 Å². The van der Waals surface area contributed by atoms with Gasteiger partial charge in [-0.05, 0) is 41.1 Å². The molecule has 0 heterocycles. The molecule has 3 N–H and O–H groups in total. The van der Waals surface area contributed by atoms with Crippen molar-refractivity contribution in [3.63, 3.8) is 0 Å². The quantitative estimate of drug-likeness (QED) is 0.780. The molecule has 0 aliphatic carbocycles. The second-order valence-electron chi connectivity index (χ2n) is 3.66. The lowest BCUT2D eigenvalue weighted by Crippen LogP contribution is -2.47. The number of aliphatic hydroxyl groups excluding tert-OH is 1. The van der Waals surface area contributed by atoms with E-state index in [1.54, 1.807) is 0 Å². The summed E-state index contributed by atoms with van der Waals surface area (Å²) in [7, 11) is 0. The van der Waals surface area contributed by atoms with Gasteiger partial charge in [-0.25, -0.2) is 4.79 Å². The molecule has 1 rings (SSSR count). The second-order valence-corrected chi connectivity index (χ2v) is 4.92. The van der Waals surface area contributed by atoms with Crippen molar-refractivity contribution in [2.24, 2.45) is 0 Å². The van der Waals surface area contributed by atoms with Gasteiger partial charge in [-0.3, -0.25) is 4.79 Å². The van der Waals surface area contributed by atoms with Crippen LogP contribution in [-0.2, 0) is 4.79 Å². The van der Waals surface area contributed by atoms with E-state index in [1.807, 2.05) is 0 Å². The number of amides is 1. The number of carboxylic acids is 1. The average Bonchev–Trinajstić information content (AvgIpc) is 2.28. The van der Waals surface area contributed by atoms with Crippen LogP contribution in [0.5, 0.6) is 0 Å². The highest BCUT2D eigenvalue weighted by Gasteiger charge is 2.25. The minimum atomic E-state index is -1.35. The van der Waals surface area contributed by atoms with E-state index >= 15 is 0 Å². The lowest BCUT2D eigenvalue weighted by atomic mass is 10.1. The normalized spacial score (nSPS) is 13.8. The molecular weight excluding hydrogens is 325 g/mol. The van der Waals surface area contributed by atoms with E-state index in [4.69, 9.17) is 16.7 Å². The molecule has 1 amide bonds. The maximum atomic E-state index is 11.8. The van der Waals surface area contributed by atoms with Crippen LogP contribution in [0, 0.1) is 0 Å². The van der Waals surface area contributed by atoms with Gasteiger partial charge in [-0.2, -0.15) is 0 Å². The van der Waals surface area contributed by atoms with Gasteiger partial charge in [-0.1, -0.05) is 11.6 Å². The number of carbonyl (C=O) groups excluding carboxylic acids is 1. The van der Waals surface area contributed by atoms with Gasteiger partial charge in [0, 0.05) is 10.0 Å². The Labute approximate surface area is 117 Å². The van der Waals surface area contributed by atoms with E-state index in [9.17, 15) is 14.7 Å². The Bertz CT molecular complexity index is 478. The molecule has 0 saturated heterocycles. The zero-order valence-electron chi connectivity index (χ0n) is 9.35. The first-order valence-corrected chi connectivity index (χ1v) is 6.17. The third-order valence-corrected chi connectivity index (χ3v) is 3.43. The molecule has 2 atom stereocenters. The molecule has 0 spiro atoms. The maximum Gasteiger partial charge on any atom is 0.328 e. The molecule has 0 radical (unpaired) electrons. The molecule has 98 valence electrons.